The van der Waals surface area contributed by atoms with E-state index >= 15 is 0 Å². The fourth-order valence-electron chi connectivity index (χ4n) is 0.421. The molecule has 0 radical (unpaired) electrons. The van der Waals surface area contributed by atoms with Crippen molar-refractivity contribution in [1.82, 2.24) is 5.32 Å². The summed E-state index contributed by atoms with van der Waals surface area (Å²) >= 11 is 0. The van der Waals surface area contributed by atoms with Gasteiger partial charge in [-0.2, -0.15) is 0 Å². The van der Waals surface area contributed by atoms with Gasteiger partial charge in [-0.25, -0.2) is 4.39 Å². The zero-order valence-corrected chi connectivity index (χ0v) is 4.66. The highest BCUT2D eigenvalue weighted by Crippen LogP contribution is 2.22. The molecule has 0 aromatic rings. The van der Waals surface area contributed by atoms with Crippen LogP contribution in [0.4, 0.5) is 4.39 Å². The van der Waals surface area contributed by atoms with Gasteiger partial charge in [-0.3, -0.25) is 0 Å². The van der Waals surface area contributed by atoms with Crippen LogP contribution in [0.1, 0.15) is 13.8 Å². The molecule has 0 aromatic carbocycles. The second-order valence-corrected chi connectivity index (χ2v) is 2.39. The number of alkyl halides is 1. The van der Waals surface area contributed by atoms with Crippen LogP contribution in [0.3, 0.4) is 0 Å². The van der Waals surface area contributed by atoms with Gasteiger partial charge >= 0.3 is 0 Å². The van der Waals surface area contributed by atoms with Crippen LogP contribution in [-0.2, 0) is 0 Å². The molecule has 1 fully saturated rings. The topological polar surface area (TPSA) is 21.9 Å². The van der Waals surface area contributed by atoms with Crippen molar-refractivity contribution in [3.05, 3.63) is 0 Å². The summed E-state index contributed by atoms with van der Waals surface area (Å²) in [6, 6.07) is 0. The third kappa shape index (κ3) is 0.752. The highest BCUT2D eigenvalue weighted by molar-refractivity contribution is 5.03. The number of hydrogen-bond donors (Lipinski definition) is 1. The monoisotopic (exact) mass is 103 g/mol. The number of halogens is 1. The molecule has 1 N–H and O–H groups in total. The molecule has 1 heterocycles. The van der Waals surface area contributed by atoms with E-state index in [1.807, 2.05) is 6.92 Å². The van der Waals surface area contributed by atoms with Crippen LogP contribution in [0.2, 0.25) is 0 Å². The summed E-state index contributed by atoms with van der Waals surface area (Å²) in [5.41, 5.74) is -0.167. The van der Waals surface area contributed by atoms with Crippen molar-refractivity contribution in [3.63, 3.8) is 0 Å². The highest BCUT2D eigenvalue weighted by atomic mass is 19.1. The minimum atomic E-state index is -0.701. The Hall–Kier alpha value is -0.110. The summed E-state index contributed by atoms with van der Waals surface area (Å²) in [5.74, 6) is 0. The Labute approximate surface area is 42.9 Å². The van der Waals surface area contributed by atoms with E-state index in [9.17, 15) is 4.39 Å². The molecule has 0 amide bonds. The van der Waals surface area contributed by atoms with Gasteiger partial charge in [-0.1, -0.05) is 0 Å². The maximum atomic E-state index is 12.2. The second-order valence-electron chi connectivity index (χ2n) is 2.39. The molecule has 1 rings (SSSR count). The second kappa shape index (κ2) is 1.19. The van der Waals surface area contributed by atoms with E-state index in [1.165, 1.54) is 0 Å². The lowest BCUT2D eigenvalue weighted by atomic mass is 10.1. The lowest BCUT2D eigenvalue weighted by Crippen LogP contribution is -2.21. The van der Waals surface area contributed by atoms with E-state index in [0.717, 1.165) is 6.54 Å². The molecule has 1 unspecified atom stereocenters. The smallest absolute Gasteiger partial charge is 0.116 e. The van der Waals surface area contributed by atoms with E-state index in [0.29, 0.717) is 0 Å². The summed E-state index contributed by atoms with van der Waals surface area (Å²) in [6.07, 6.45) is -0.701. The van der Waals surface area contributed by atoms with E-state index in [2.05, 4.69) is 5.32 Å². The van der Waals surface area contributed by atoms with Crippen LogP contribution in [0.5, 0.6) is 0 Å². The summed E-state index contributed by atoms with van der Waals surface area (Å²) in [4.78, 5) is 0. The molecule has 0 spiro atoms. The Balaban J connectivity index is 2.39. The van der Waals surface area contributed by atoms with Crippen molar-refractivity contribution in [2.75, 3.05) is 6.54 Å². The third-order valence-electron chi connectivity index (χ3n) is 1.61. The molecule has 2 heteroatoms. The standard InChI is InChI=1S/C5H10FN/c1-4(6)5(2)3-7-5/h4,7H,3H2,1-2H3/t4-,5?/m1/s1. The summed E-state index contributed by atoms with van der Waals surface area (Å²) in [7, 11) is 0. The fraction of sp³-hybridized carbons (Fsp3) is 1.00. The van der Waals surface area contributed by atoms with Crippen LogP contribution in [0, 0.1) is 0 Å². The number of nitrogens with one attached hydrogen (secondary N) is 1. The lowest BCUT2D eigenvalue weighted by molar-refractivity contribution is 0.297. The average molecular weight is 103 g/mol. The molecule has 0 saturated carbocycles. The van der Waals surface area contributed by atoms with Crippen molar-refractivity contribution < 1.29 is 4.39 Å². The minimum Gasteiger partial charge on any atom is -0.306 e. The van der Waals surface area contributed by atoms with Gasteiger partial charge in [-0.15, -0.1) is 0 Å². The van der Waals surface area contributed by atoms with Crippen molar-refractivity contribution >= 4 is 0 Å². The van der Waals surface area contributed by atoms with Gasteiger partial charge < -0.3 is 5.32 Å². The molecule has 1 nitrogen and oxygen atoms in total. The molecule has 42 valence electrons. The molecular formula is C5H10FN. The van der Waals surface area contributed by atoms with Crippen molar-refractivity contribution in [1.29, 1.82) is 0 Å². The summed E-state index contributed by atoms with van der Waals surface area (Å²) in [5, 5.41) is 2.94. The molecule has 0 aromatic heterocycles. The van der Waals surface area contributed by atoms with Crippen molar-refractivity contribution in [2.24, 2.45) is 0 Å². The van der Waals surface area contributed by atoms with E-state index < -0.39 is 6.17 Å². The van der Waals surface area contributed by atoms with Crippen molar-refractivity contribution in [2.45, 2.75) is 25.6 Å². The number of hydrogen-bond acceptors (Lipinski definition) is 1. The Morgan fingerprint density at radius 1 is 1.86 bits per heavy atom. The van der Waals surface area contributed by atoms with Gasteiger partial charge in [0.1, 0.15) is 6.17 Å². The Morgan fingerprint density at radius 3 is 2.29 bits per heavy atom. The Morgan fingerprint density at radius 2 is 2.29 bits per heavy atom. The first-order valence-electron chi connectivity index (χ1n) is 2.54. The zero-order chi connectivity index (χ0) is 5.49. The number of rotatable bonds is 1. The van der Waals surface area contributed by atoms with Crippen LogP contribution in [0.15, 0.2) is 0 Å². The zero-order valence-electron chi connectivity index (χ0n) is 4.66. The fourth-order valence-corrected chi connectivity index (χ4v) is 0.421. The molecule has 1 aliphatic heterocycles. The lowest BCUT2D eigenvalue weighted by Gasteiger charge is -2.04. The predicted octanol–water partition coefficient (Wildman–Crippen LogP) is 0.706. The largest absolute Gasteiger partial charge is 0.306 e. The Bertz CT molecular complexity index is 76.1. The predicted molar refractivity (Wildman–Crippen MR) is 27.0 cm³/mol. The molecule has 0 aliphatic carbocycles. The van der Waals surface area contributed by atoms with Gasteiger partial charge in [-0.05, 0) is 13.8 Å². The van der Waals surface area contributed by atoms with E-state index in [1.54, 1.807) is 6.92 Å². The van der Waals surface area contributed by atoms with Crippen LogP contribution < -0.4 is 5.32 Å². The molecular weight excluding hydrogens is 93.1 g/mol. The summed E-state index contributed by atoms with van der Waals surface area (Å²) in [6.45, 7) is 4.31. The van der Waals surface area contributed by atoms with Gasteiger partial charge in [0.25, 0.3) is 0 Å². The van der Waals surface area contributed by atoms with Crippen LogP contribution >= 0.6 is 0 Å². The maximum Gasteiger partial charge on any atom is 0.116 e. The molecule has 0 bridgehead atoms. The first kappa shape index (κ1) is 5.04. The van der Waals surface area contributed by atoms with Gasteiger partial charge in [0.15, 0.2) is 0 Å². The molecule has 1 aliphatic rings. The molecule has 1 saturated heterocycles. The van der Waals surface area contributed by atoms with Crippen LogP contribution in [-0.4, -0.2) is 18.3 Å². The first-order valence-corrected chi connectivity index (χ1v) is 2.54. The quantitative estimate of drug-likeness (QED) is 0.485. The van der Waals surface area contributed by atoms with Gasteiger partial charge in [0.2, 0.25) is 0 Å². The maximum absolute atomic E-state index is 12.2. The first-order chi connectivity index (χ1) is 3.15. The van der Waals surface area contributed by atoms with Gasteiger partial charge in [0.05, 0.1) is 5.54 Å². The van der Waals surface area contributed by atoms with Crippen molar-refractivity contribution in [3.8, 4) is 0 Å². The highest BCUT2D eigenvalue weighted by Gasteiger charge is 2.42. The normalized spacial score (nSPS) is 43.3. The van der Waals surface area contributed by atoms with E-state index in [-0.39, 0.29) is 5.54 Å². The average Bonchev–Trinajstić information content (AvgIpc) is 2.21. The summed E-state index contributed by atoms with van der Waals surface area (Å²) < 4.78 is 12.2. The van der Waals surface area contributed by atoms with Gasteiger partial charge in [0, 0.05) is 6.54 Å². The SMILES string of the molecule is C[C@@H](F)C1(C)CN1. The minimum absolute atomic E-state index is 0.167. The van der Waals surface area contributed by atoms with E-state index in [4.69, 9.17) is 0 Å². The Kier molecular flexibility index (Phi) is 0.854. The molecule has 2 atom stereocenters. The van der Waals surface area contributed by atoms with Crippen LogP contribution in [0.25, 0.3) is 0 Å². The molecule has 7 heavy (non-hydrogen) atoms. The third-order valence-corrected chi connectivity index (χ3v) is 1.61.